The van der Waals surface area contributed by atoms with Crippen LogP contribution >= 0.6 is 0 Å². The van der Waals surface area contributed by atoms with E-state index in [9.17, 15) is 4.79 Å². The molecule has 2 aromatic carbocycles. The SMILES string of the molecule is Cc1cccc(C(=O)N2CCN(c3ccnc(-c4ccccc4)n3)CC2)c1C. The Hall–Kier alpha value is -3.21. The first-order chi connectivity index (χ1) is 13.6. The summed E-state index contributed by atoms with van der Waals surface area (Å²) in [6.45, 7) is 6.98. The standard InChI is InChI=1S/C23H24N4O/c1-17-7-6-10-20(18(17)2)23(28)27-15-13-26(14-16-27)21-11-12-24-22(25-21)19-8-4-3-5-9-19/h3-12H,13-16H2,1-2H3. The van der Waals surface area contributed by atoms with E-state index in [2.05, 4.69) is 9.88 Å². The zero-order chi connectivity index (χ0) is 19.5. The van der Waals surface area contributed by atoms with Crippen molar-refractivity contribution in [3.8, 4) is 11.4 Å². The molecule has 1 amide bonds. The summed E-state index contributed by atoms with van der Waals surface area (Å²) in [5.41, 5.74) is 4.03. The van der Waals surface area contributed by atoms with E-state index in [1.807, 2.05) is 73.3 Å². The number of piperazine rings is 1. The Kier molecular flexibility index (Phi) is 5.06. The van der Waals surface area contributed by atoms with Crippen molar-refractivity contribution in [3.63, 3.8) is 0 Å². The summed E-state index contributed by atoms with van der Waals surface area (Å²) in [6.07, 6.45) is 1.80. The van der Waals surface area contributed by atoms with Crippen molar-refractivity contribution in [2.24, 2.45) is 0 Å². The van der Waals surface area contributed by atoms with Crippen LogP contribution in [-0.2, 0) is 0 Å². The third kappa shape index (κ3) is 3.60. The van der Waals surface area contributed by atoms with Crippen LogP contribution in [0.1, 0.15) is 21.5 Å². The number of nitrogens with zero attached hydrogens (tertiary/aromatic N) is 4. The Morgan fingerprint density at radius 3 is 2.39 bits per heavy atom. The number of hydrogen-bond acceptors (Lipinski definition) is 4. The van der Waals surface area contributed by atoms with E-state index in [1.54, 1.807) is 6.20 Å². The van der Waals surface area contributed by atoms with Crippen LogP contribution < -0.4 is 4.90 Å². The van der Waals surface area contributed by atoms with Crippen LogP contribution in [0.25, 0.3) is 11.4 Å². The average molecular weight is 372 g/mol. The minimum absolute atomic E-state index is 0.119. The maximum atomic E-state index is 12.9. The maximum absolute atomic E-state index is 12.9. The van der Waals surface area contributed by atoms with Gasteiger partial charge in [0, 0.05) is 43.5 Å². The fraction of sp³-hybridized carbons (Fsp3) is 0.261. The van der Waals surface area contributed by atoms with Crippen molar-refractivity contribution in [2.75, 3.05) is 31.1 Å². The van der Waals surface area contributed by atoms with E-state index in [-0.39, 0.29) is 5.91 Å². The molecule has 5 nitrogen and oxygen atoms in total. The van der Waals surface area contributed by atoms with Gasteiger partial charge in [-0.1, -0.05) is 42.5 Å². The second-order valence-electron chi connectivity index (χ2n) is 7.13. The summed E-state index contributed by atoms with van der Waals surface area (Å²) in [5, 5.41) is 0. The van der Waals surface area contributed by atoms with Crippen molar-refractivity contribution in [2.45, 2.75) is 13.8 Å². The Morgan fingerprint density at radius 1 is 0.893 bits per heavy atom. The van der Waals surface area contributed by atoms with E-state index in [0.717, 1.165) is 47.0 Å². The van der Waals surface area contributed by atoms with Crippen LogP contribution in [0.5, 0.6) is 0 Å². The van der Waals surface area contributed by atoms with Gasteiger partial charge in [-0.25, -0.2) is 9.97 Å². The van der Waals surface area contributed by atoms with E-state index >= 15 is 0 Å². The fourth-order valence-corrected chi connectivity index (χ4v) is 3.54. The van der Waals surface area contributed by atoms with Gasteiger partial charge in [0.1, 0.15) is 5.82 Å². The first-order valence-electron chi connectivity index (χ1n) is 9.62. The lowest BCUT2D eigenvalue weighted by atomic mass is 10.0. The molecule has 4 rings (SSSR count). The highest BCUT2D eigenvalue weighted by atomic mass is 16.2. The van der Waals surface area contributed by atoms with Gasteiger partial charge >= 0.3 is 0 Å². The van der Waals surface area contributed by atoms with Gasteiger partial charge < -0.3 is 9.80 Å². The number of amides is 1. The quantitative estimate of drug-likeness (QED) is 0.703. The van der Waals surface area contributed by atoms with E-state index in [4.69, 9.17) is 4.98 Å². The van der Waals surface area contributed by atoms with E-state index in [1.165, 1.54) is 0 Å². The van der Waals surface area contributed by atoms with Gasteiger partial charge in [-0.2, -0.15) is 0 Å². The average Bonchev–Trinajstić information content (AvgIpc) is 2.76. The predicted octanol–water partition coefficient (Wildman–Crippen LogP) is 3.72. The monoisotopic (exact) mass is 372 g/mol. The lowest BCUT2D eigenvalue weighted by molar-refractivity contribution is 0.0745. The van der Waals surface area contributed by atoms with Gasteiger partial charge in [-0.3, -0.25) is 4.79 Å². The normalized spacial score (nSPS) is 14.2. The number of rotatable bonds is 3. The summed E-state index contributed by atoms with van der Waals surface area (Å²) in [6, 6.07) is 17.9. The molecule has 1 aliphatic heterocycles. The van der Waals surface area contributed by atoms with Gasteiger partial charge in [0.2, 0.25) is 0 Å². The Bertz CT molecular complexity index is 979. The van der Waals surface area contributed by atoms with Crippen molar-refractivity contribution in [3.05, 3.63) is 77.5 Å². The maximum Gasteiger partial charge on any atom is 0.254 e. The molecule has 0 bridgehead atoms. The minimum atomic E-state index is 0.119. The molecule has 3 aromatic rings. The van der Waals surface area contributed by atoms with Gasteiger partial charge in [-0.05, 0) is 37.1 Å². The number of aryl methyl sites for hydroxylation is 1. The molecule has 2 heterocycles. The van der Waals surface area contributed by atoms with Gasteiger partial charge in [-0.15, -0.1) is 0 Å². The molecule has 1 fully saturated rings. The molecule has 142 valence electrons. The summed E-state index contributed by atoms with van der Waals surface area (Å²) in [4.78, 5) is 26.2. The zero-order valence-electron chi connectivity index (χ0n) is 16.3. The first kappa shape index (κ1) is 18.2. The van der Waals surface area contributed by atoms with Gasteiger partial charge in [0.25, 0.3) is 5.91 Å². The number of carbonyl (C=O) groups excluding carboxylic acids is 1. The van der Waals surface area contributed by atoms with Gasteiger partial charge in [0.05, 0.1) is 0 Å². The predicted molar refractivity (Wildman–Crippen MR) is 112 cm³/mol. The lowest BCUT2D eigenvalue weighted by Crippen LogP contribution is -2.49. The number of anilines is 1. The molecule has 0 N–H and O–H groups in total. The molecule has 0 saturated carbocycles. The van der Waals surface area contributed by atoms with Crippen LogP contribution in [0.2, 0.25) is 0 Å². The molecule has 0 spiro atoms. The van der Waals surface area contributed by atoms with Crippen molar-refractivity contribution < 1.29 is 4.79 Å². The molecule has 5 heteroatoms. The summed E-state index contributed by atoms with van der Waals surface area (Å²) in [7, 11) is 0. The molecule has 0 aliphatic carbocycles. The van der Waals surface area contributed by atoms with Crippen LogP contribution in [0.15, 0.2) is 60.8 Å². The van der Waals surface area contributed by atoms with Crippen molar-refractivity contribution in [1.82, 2.24) is 14.9 Å². The molecule has 1 saturated heterocycles. The van der Waals surface area contributed by atoms with E-state index < -0.39 is 0 Å². The fourth-order valence-electron chi connectivity index (χ4n) is 3.54. The van der Waals surface area contributed by atoms with Crippen molar-refractivity contribution in [1.29, 1.82) is 0 Å². The van der Waals surface area contributed by atoms with Crippen molar-refractivity contribution >= 4 is 11.7 Å². The Balaban J connectivity index is 1.46. The topological polar surface area (TPSA) is 49.3 Å². The van der Waals surface area contributed by atoms with Crippen LogP contribution in [-0.4, -0.2) is 47.0 Å². The highest BCUT2D eigenvalue weighted by Crippen LogP contribution is 2.21. The van der Waals surface area contributed by atoms with Crippen LogP contribution in [0, 0.1) is 13.8 Å². The highest BCUT2D eigenvalue weighted by molar-refractivity contribution is 5.96. The first-order valence-corrected chi connectivity index (χ1v) is 9.62. The third-order valence-electron chi connectivity index (χ3n) is 5.40. The van der Waals surface area contributed by atoms with Gasteiger partial charge in [0.15, 0.2) is 5.82 Å². The molecule has 0 radical (unpaired) electrons. The second kappa shape index (κ2) is 7.80. The molecule has 28 heavy (non-hydrogen) atoms. The highest BCUT2D eigenvalue weighted by Gasteiger charge is 2.24. The molecule has 1 aromatic heterocycles. The lowest BCUT2D eigenvalue weighted by Gasteiger charge is -2.35. The van der Waals surface area contributed by atoms with Crippen LogP contribution in [0.3, 0.4) is 0 Å². The van der Waals surface area contributed by atoms with E-state index in [0.29, 0.717) is 13.1 Å². The summed E-state index contributed by atoms with van der Waals surface area (Å²) < 4.78 is 0. The Labute approximate surface area is 165 Å². The summed E-state index contributed by atoms with van der Waals surface area (Å²) >= 11 is 0. The molecular formula is C23H24N4O. The third-order valence-corrected chi connectivity index (χ3v) is 5.40. The smallest absolute Gasteiger partial charge is 0.254 e. The zero-order valence-corrected chi connectivity index (χ0v) is 16.3. The number of aromatic nitrogens is 2. The molecule has 0 unspecified atom stereocenters. The second-order valence-corrected chi connectivity index (χ2v) is 7.13. The molecular weight excluding hydrogens is 348 g/mol. The molecule has 1 aliphatic rings. The number of benzene rings is 2. The minimum Gasteiger partial charge on any atom is -0.353 e. The largest absolute Gasteiger partial charge is 0.353 e. The Morgan fingerprint density at radius 2 is 1.64 bits per heavy atom. The summed E-state index contributed by atoms with van der Waals surface area (Å²) in [5.74, 6) is 1.76. The number of hydrogen-bond donors (Lipinski definition) is 0. The molecule has 0 atom stereocenters. The van der Waals surface area contributed by atoms with Crippen LogP contribution in [0.4, 0.5) is 5.82 Å². The number of carbonyl (C=O) groups is 1.